The highest BCUT2D eigenvalue weighted by Gasteiger charge is 2.27. The molecular weight excluding hydrogens is 440 g/mol. The van der Waals surface area contributed by atoms with Crippen LogP contribution in [0.2, 0.25) is 0 Å². The van der Waals surface area contributed by atoms with Gasteiger partial charge in [0.1, 0.15) is 11.4 Å². The molecule has 1 aromatic carbocycles. The minimum absolute atomic E-state index is 0.102. The van der Waals surface area contributed by atoms with Crippen LogP contribution in [0.25, 0.3) is 22.0 Å². The van der Waals surface area contributed by atoms with Crippen molar-refractivity contribution >= 4 is 26.4 Å². The normalized spacial score (nSPS) is 15.4. The predicted octanol–water partition coefficient (Wildman–Crippen LogP) is 3.91. The van der Waals surface area contributed by atoms with Gasteiger partial charge in [0.25, 0.3) is 5.56 Å². The van der Waals surface area contributed by atoms with Crippen molar-refractivity contribution in [3.63, 3.8) is 0 Å². The van der Waals surface area contributed by atoms with E-state index in [4.69, 9.17) is 10.3 Å². The molecule has 8 nitrogen and oxygen atoms in total. The number of fused-ring (bicyclic) bond motifs is 1. The van der Waals surface area contributed by atoms with Gasteiger partial charge in [0, 0.05) is 23.0 Å². The molecular formula is C24H32N4O4S. The molecule has 0 spiro atoms. The van der Waals surface area contributed by atoms with Gasteiger partial charge in [-0.1, -0.05) is 18.0 Å². The van der Waals surface area contributed by atoms with E-state index >= 15 is 0 Å². The van der Waals surface area contributed by atoms with E-state index in [9.17, 15) is 13.2 Å². The number of hydrogen-bond donors (Lipinski definition) is 3. The molecule has 178 valence electrons. The zero-order chi connectivity index (χ0) is 24.0. The van der Waals surface area contributed by atoms with E-state index in [1.807, 2.05) is 20.8 Å². The molecule has 4 N–H and O–H groups in total. The van der Waals surface area contributed by atoms with Gasteiger partial charge in [-0.3, -0.25) is 4.79 Å². The lowest BCUT2D eigenvalue weighted by molar-refractivity contribution is 0.393. The number of benzene rings is 1. The second kappa shape index (κ2) is 8.61. The summed E-state index contributed by atoms with van der Waals surface area (Å²) >= 11 is 0. The highest BCUT2D eigenvalue weighted by molar-refractivity contribution is 7.91. The Kier molecular flexibility index (Phi) is 6.13. The summed E-state index contributed by atoms with van der Waals surface area (Å²) in [7, 11) is -3.61. The fraction of sp³-hybridized carbons (Fsp3) is 0.500. The summed E-state index contributed by atoms with van der Waals surface area (Å²) in [5.74, 6) is 0.855. The Labute approximate surface area is 193 Å². The molecule has 9 heteroatoms. The van der Waals surface area contributed by atoms with Crippen molar-refractivity contribution in [1.82, 2.24) is 10.1 Å². The molecule has 2 aromatic heterocycles. The van der Waals surface area contributed by atoms with Crippen LogP contribution in [0.1, 0.15) is 51.0 Å². The Balaban J connectivity index is 1.91. The third-order valence-corrected chi connectivity index (χ3v) is 8.16. The molecule has 0 amide bonds. The Hall–Kier alpha value is -2.65. The molecule has 1 fully saturated rings. The number of hydrogen-bond acceptors (Lipinski definition) is 7. The van der Waals surface area contributed by atoms with Crippen molar-refractivity contribution in [3.8, 4) is 11.1 Å². The van der Waals surface area contributed by atoms with E-state index in [1.54, 1.807) is 25.1 Å². The van der Waals surface area contributed by atoms with Crippen LogP contribution >= 0.6 is 0 Å². The van der Waals surface area contributed by atoms with Crippen LogP contribution in [0.4, 0.5) is 5.69 Å². The number of rotatable bonds is 7. The van der Waals surface area contributed by atoms with Crippen LogP contribution in [0, 0.1) is 19.8 Å². The number of nitrogens with two attached hydrogens (primary N) is 1. The van der Waals surface area contributed by atoms with E-state index in [1.165, 1.54) is 0 Å². The minimum atomic E-state index is -3.61. The first-order chi connectivity index (χ1) is 15.4. The van der Waals surface area contributed by atoms with E-state index in [-0.39, 0.29) is 22.1 Å². The largest absolute Gasteiger partial charge is 0.379 e. The minimum Gasteiger partial charge on any atom is -0.379 e. The molecule has 1 saturated carbocycles. The summed E-state index contributed by atoms with van der Waals surface area (Å²) in [6, 6.07) is 5.10. The highest BCUT2D eigenvalue weighted by atomic mass is 32.2. The van der Waals surface area contributed by atoms with Gasteiger partial charge in [-0.05, 0) is 70.2 Å². The van der Waals surface area contributed by atoms with E-state index in [0.717, 1.165) is 31.2 Å². The number of anilines is 1. The van der Waals surface area contributed by atoms with E-state index in [2.05, 4.69) is 15.5 Å². The first-order valence-electron chi connectivity index (χ1n) is 11.3. The quantitative estimate of drug-likeness (QED) is 0.475. The summed E-state index contributed by atoms with van der Waals surface area (Å²) in [5, 5.41) is 7.56. The fourth-order valence-corrected chi connectivity index (χ4v) is 6.55. The number of aromatic nitrogens is 2. The van der Waals surface area contributed by atoms with Crippen molar-refractivity contribution in [2.45, 2.75) is 63.8 Å². The molecule has 0 saturated heterocycles. The zero-order valence-electron chi connectivity index (χ0n) is 19.6. The maximum atomic E-state index is 13.6. The SMILES string of the molecule is Cc1noc(C)c1-c1cc(S(=O)(=O)CC2CCCC2)c2cc(NCC(C)(C)N)c(=O)[nH]c2c1. The third-order valence-electron chi connectivity index (χ3n) is 6.24. The van der Waals surface area contributed by atoms with Crippen LogP contribution in [0.3, 0.4) is 0 Å². The van der Waals surface area contributed by atoms with Crippen molar-refractivity contribution in [2.75, 3.05) is 17.6 Å². The number of nitrogens with one attached hydrogen (secondary N) is 2. The molecule has 0 aliphatic heterocycles. The number of H-pyrrole nitrogens is 1. The summed E-state index contributed by atoms with van der Waals surface area (Å²) in [6.07, 6.45) is 3.98. The van der Waals surface area contributed by atoms with Gasteiger partial charge in [-0.25, -0.2) is 8.42 Å². The fourth-order valence-electron chi connectivity index (χ4n) is 4.61. The Morgan fingerprint density at radius 3 is 2.52 bits per heavy atom. The predicted molar refractivity (Wildman–Crippen MR) is 130 cm³/mol. The van der Waals surface area contributed by atoms with Crippen LogP contribution in [-0.4, -0.2) is 36.4 Å². The summed E-state index contributed by atoms with van der Waals surface area (Å²) in [4.78, 5) is 15.9. The van der Waals surface area contributed by atoms with Crippen molar-refractivity contribution < 1.29 is 12.9 Å². The molecule has 0 unspecified atom stereocenters. The number of aromatic amines is 1. The standard InChI is InChI=1S/C24H32N4O4S/c1-14-22(15(2)32-28-14)17-9-19-18(11-20(23(29)27-19)26-13-24(3,4)25)21(10-17)33(30,31)12-16-7-5-6-8-16/h9-11,16,26H,5-8,12-13,25H2,1-4H3,(H,27,29). The van der Waals surface area contributed by atoms with Gasteiger partial charge < -0.3 is 20.6 Å². The lowest BCUT2D eigenvalue weighted by Gasteiger charge is -2.20. The first-order valence-corrected chi connectivity index (χ1v) is 13.0. The monoisotopic (exact) mass is 472 g/mol. The molecule has 3 aromatic rings. The highest BCUT2D eigenvalue weighted by Crippen LogP contribution is 2.36. The number of aryl methyl sites for hydroxylation is 2. The average molecular weight is 473 g/mol. The molecule has 1 aliphatic rings. The summed E-state index contributed by atoms with van der Waals surface area (Å²) < 4.78 is 32.6. The Morgan fingerprint density at radius 2 is 1.91 bits per heavy atom. The van der Waals surface area contributed by atoms with Gasteiger partial charge >= 0.3 is 0 Å². The number of sulfone groups is 1. The van der Waals surface area contributed by atoms with Crippen LogP contribution in [-0.2, 0) is 9.84 Å². The topological polar surface area (TPSA) is 131 Å². The summed E-state index contributed by atoms with van der Waals surface area (Å²) in [6.45, 7) is 7.66. The maximum Gasteiger partial charge on any atom is 0.271 e. The number of nitrogens with zero attached hydrogens (tertiary/aromatic N) is 1. The molecule has 0 atom stereocenters. The van der Waals surface area contributed by atoms with Crippen molar-refractivity contribution in [2.24, 2.45) is 11.7 Å². The molecule has 2 heterocycles. The molecule has 4 rings (SSSR count). The zero-order valence-corrected chi connectivity index (χ0v) is 20.4. The Bertz CT molecular complexity index is 1320. The molecule has 33 heavy (non-hydrogen) atoms. The molecule has 0 bridgehead atoms. The first kappa shape index (κ1) is 23.5. The van der Waals surface area contributed by atoms with Crippen LogP contribution < -0.4 is 16.6 Å². The maximum absolute atomic E-state index is 13.6. The van der Waals surface area contributed by atoms with Gasteiger partial charge in [-0.15, -0.1) is 0 Å². The lowest BCUT2D eigenvalue weighted by atomic mass is 10.0. The third kappa shape index (κ3) is 4.99. The second-order valence-electron chi connectivity index (χ2n) is 9.92. The van der Waals surface area contributed by atoms with Crippen molar-refractivity contribution in [1.29, 1.82) is 0 Å². The average Bonchev–Trinajstić information content (AvgIpc) is 3.33. The van der Waals surface area contributed by atoms with Crippen molar-refractivity contribution in [3.05, 3.63) is 40.0 Å². The van der Waals surface area contributed by atoms with Crippen LogP contribution in [0.15, 0.2) is 32.4 Å². The van der Waals surface area contributed by atoms with E-state index < -0.39 is 15.4 Å². The number of pyridine rings is 1. The second-order valence-corrected chi connectivity index (χ2v) is 11.9. The summed E-state index contributed by atoms with van der Waals surface area (Å²) in [5.41, 5.74) is 8.00. The van der Waals surface area contributed by atoms with Gasteiger partial charge in [0.15, 0.2) is 9.84 Å². The van der Waals surface area contributed by atoms with E-state index in [0.29, 0.717) is 40.2 Å². The van der Waals surface area contributed by atoms with Crippen LogP contribution in [0.5, 0.6) is 0 Å². The van der Waals surface area contributed by atoms with Gasteiger partial charge in [0.05, 0.1) is 21.9 Å². The molecule has 0 radical (unpaired) electrons. The Morgan fingerprint density at radius 1 is 1.21 bits per heavy atom. The van der Waals surface area contributed by atoms with Gasteiger partial charge in [-0.2, -0.15) is 0 Å². The molecule has 1 aliphatic carbocycles. The lowest BCUT2D eigenvalue weighted by Crippen LogP contribution is -2.40. The smallest absolute Gasteiger partial charge is 0.271 e. The van der Waals surface area contributed by atoms with Gasteiger partial charge in [0.2, 0.25) is 0 Å².